The van der Waals surface area contributed by atoms with E-state index in [4.69, 9.17) is 11.6 Å². The van der Waals surface area contributed by atoms with Crippen LogP contribution in [-0.4, -0.2) is 19.0 Å². The van der Waals surface area contributed by atoms with Crippen molar-refractivity contribution in [2.24, 2.45) is 0 Å². The quantitative estimate of drug-likeness (QED) is 0.875. The van der Waals surface area contributed by atoms with Crippen LogP contribution in [0.4, 0.5) is 11.4 Å². The summed E-state index contributed by atoms with van der Waals surface area (Å²) >= 11 is 6.14. The molecule has 1 amide bonds. The molecular weight excluding hydrogens is 308 g/mol. The SMILES string of the molecule is O=C(CCc1ccccc1Cl)Nc1ccccc1N1CCCC1. The maximum atomic E-state index is 12.3. The van der Waals surface area contributed by atoms with Gasteiger partial charge in [0.1, 0.15) is 0 Å². The van der Waals surface area contributed by atoms with Gasteiger partial charge in [-0.1, -0.05) is 41.9 Å². The number of nitrogens with one attached hydrogen (secondary N) is 1. The first-order valence-corrected chi connectivity index (χ1v) is 8.49. The minimum atomic E-state index is 0.0246. The summed E-state index contributed by atoms with van der Waals surface area (Å²) in [5.41, 5.74) is 3.03. The number of carbonyl (C=O) groups is 1. The van der Waals surface area contributed by atoms with Gasteiger partial charge in [0.2, 0.25) is 5.91 Å². The van der Waals surface area contributed by atoms with Crippen molar-refractivity contribution in [3.8, 4) is 0 Å². The number of benzene rings is 2. The lowest BCUT2D eigenvalue weighted by atomic mass is 10.1. The average Bonchev–Trinajstić information content (AvgIpc) is 3.09. The summed E-state index contributed by atoms with van der Waals surface area (Å²) in [6, 6.07) is 15.7. The highest BCUT2D eigenvalue weighted by atomic mass is 35.5. The average molecular weight is 329 g/mol. The second-order valence-electron chi connectivity index (χ2n) is 5.85. The number of anilines is 2. The van der Waals surface area contributed by atoms with E-state index in [2.05, 4.69) is 16.3 Å². The summed E-state index contributed by atoms with van der Waals surface area (Å²) in [6.45, 7) is 2.12. The topological polar surface area (TPSA) is 32.3 Å². The van der Waals surface area contributed by atoms with Crippen LogP contribution in [-0.2, 0) is 11.2 Å². The molecule has 1 aliphatic rings. The third kappa shape index (κ3) is 4.05. The van der Waals surface area contributed by atoms with Crippen LogP contribution in [0.1, 0.15) is 24.8 Å². The number of carbonyl (C=O) groups excluding carboxylic acids is 1. The number of aryl methyl sites for hydroxylation is 1. The third-order valence-corrected chi connectivity index (χ3v) is 4.57. The van der Waals surface area contributed by atoms with Crippen molar-refractivity contribution >= 4 is 28.9 Å². The van der Waals surface area contributed by atoms with Crippen LogP contribution in [0.15, 0.2) is 48.5 Å². The van der Waals surface area contributed by atoms with Crippen molar-refractivity contribution < 1.29 is 4.79 Å². The maximum Gasteiger partial charge on any atom is 0.224 e. The molecule has 120 valence electrons. The fourth-order valence-electron chi connectivity index (χ4n) is 2.98. The van der Waals surface area contributed by atoms with Gasteiger partial charge in [0, 0.05) is 24.5 Å². The number of halogens is 1. The number of hydrogen-bond acceptors (Lipinski definition) is 2. The minimum Gasteiger partial charge on any atom is -0.370 e. The van der Waals surface area contributed by atoms with Crippen LogP contribution in [0.2, 0.25) is 5.02 Å². The second-order valence-corrected chi connectivity index (χ2v) is 6.26. The lowest BCUT2D eigenvalue weighted by Gasteiger charge is -2.21. The summed E-state index contributed by atoms with van der Waals surface area (Å²) in [4.78, 5) is 14.6. The molecule has 3 rings (SSSR count). The predicted octanol–water partition coefficient (Wildman–Crippen LogP) is 4.51. The zero-order valence-corrected chi connectivity index (χ0v) is 13.9. The summed E-state index contributed by atoms with van der Waals surface area (Å²) < 4.78 is 0. The largest absolute Gasteiger partial charge is 0.370 e. The monoisotopic (exact) mass is 328 g/mol. The summed E-state index contributed by atoms with van der Waals surface area (Å²) in [6.07, 6.45) is 3.51. The molecule has 2 aromatic carbocycles. The molecule has 1 saturated heterocycles. The Morgan fingerprint density at radius 1 is 1.04 bits per heavy atom. The van der Waals surface area contributed by atoms with E-state index in [9.17, 15) is 4.79 Å². The fraction of sp³-hybridized carbons (Fsp3) is 0.316. The van der Waals surface area contributed by atoms with E-state index in [0.29, 0.717) is 12.8 Å². The molecular formula is C19H21ClN2O. The maximum absolute atomic E-state index is 12.3. The normalized spacial score (nSPS) is 14.0. The van der Waals surface area contributed by atoms with Gasteiger partial charge in [-0.3, -0.25) is 4.79 Å². The molecule has 0 bridgehead atoms. The molecule has 2 aromatic rings. The minimum absolute atomic E-state index is 0.0246. The molecule has 23 heavy (non-hydrogen) atoms. The third-order valence-electron chi connectivity index (χ3n) is 4.20. The van der Waals surface area contributed by atoms with Gasteiger partial charge >= 0.3 is 0 Å². The van der Waals surface area contributed by atoms with Crippen LogP contribution < -0.4 is 10.2 Å². The van der Waals surface area contributed by atoms with Crippen LogP contribution in [0.5, 0.6) is 0 Å². The lowest BCUT2D eigenvalue weighted by Crippen LogP contribution is -2.21. The predicted molar refractivity (Wildman–Crippen MR) is 96.3 cm³/mol. The molecule has 1 aliphatic heterocycles. The van der Waals surface area contributed by atoms with Gasteiger partial charge < -0.3 is 10.2 Å². The Morgan fingerprint density at radius 3 is 2.52 bits per heavy atom. The molecule has 0 spiro atoms. The molecule has 0 aromatic heterocycles. The van der Waals surface area contributed by atoms with Crippen molar-refractivity contribution in [3.05, 3.63) is 59.1 Å². The van der Waals surface area contributed by atoms with Crippen molar-refractivity contribution in [1.82, 2.24) is 0 Å². The smallest absolute Gasteiger partial charge is 0.224 e. The van der Waals surface area contributed by atoms with Gasteiger partial charge in [-0.15, -0.1) is 0 Å². The van der Waals surface area contributed by atoms with E-state index in [0.717, 1.165) is 35.1 Å². The van der Waals surface area contributed by atoms with Gasteiger partial charge in [-0.05, 0) is 43.0 Å². The Bertz CT molecular complexity index is 681. The Balaban J connectivity index is 1.63. The Hall–Kier alpha value is -2.00. The van der Waals surface area contributed by atoms with Crippen molar-refractivity contribution in [3.63, 3.8) is 0 Å². The van der Waals surface area contributed by atoms with Crippen LogP contribution >= 0.6 is 11.6 Å². The molecule has 3 nitrogen and oxygen atoms in total. The van der Waals surface area contributed by atoms with Crippen molar-refractivity contribution in [2.75, 3.05) is 23.3 Å². The lowest BCUT2D eigenvalue weighted by molar-refractivity contribution is -0.116. The number of hydrogen-bond donors (Lipinski definition) is 1. The molecule has 0 unspecified atom stereocenters. The highest BCUT2D eigenvalue weighted by molar-refractivity contribution is 6.31. The first-order valence-electron chi connectivity index (χ1n) is 8.11. The zero-order valence-electron chi connectivity index (χ0n) is 13.1. The van der Waals surface area contributed by atoms with E-state index in [1.165, 1.54) is 12.8 Å². The standard InChI is InChI=1S/C19H21ClN2O/c20-16-8-2-1-7-15(16)11-12-19(23)21-17-9-3-4-10-18(17)22-13-5-6-14-22/h1-4,7-10H,5-6,11-14H2,(H,21,23). The number of rotatable bonds is 5. The Kier molecular flexibility index (Phi) is 5.19. The van der Waals surface area contributed by atoms with Gasteiger partial charge in [0.15, 0.2) is 0 Å². The number of nitrogens with zero attached hydrogens (tertiary/aromatic N) is 1. The second kappa shape index (κ2) is 7.51. The summed E-state index contributed by atoms with van der Waals surface area (Å²) in [5, 5.41) is 3.77. The van der Waals surface area contributed by atoms with E-state index < -0.39 is 0 Å². The Morgan fingerprint density at radius 2 is 1.74 bits per heavy atom. The van der Waals surface area contributed by atoms with Crippen LogP contribution in [0.25, 0.3) is 0 Å². The molecule has 1 heterocycles. The van der Waals surface area contributed by atoms with Crippen LogP contribution in [0, 0.1) is 0 Å². The van der Waals surface area contributed by atoms with Gasteiger partial charge in [0.05, 0.1) is 11.4 Å². The fourth-order valence-corrected chi connectivity index (χ4v) is 3.21. The molecule has 0 aliphatic carbocycles. The van der Waals surface area contributed by atoms with E-state index in [1.54, 1.807) is 0 Å². The van der Waals surface area contributed by atoms with E-state index >= 15 is 0 Å². The molecule has 1 fully saturated rings. The van der Waals surface area contributed by atoms with E-state index in [-0.39, 0.29) is 5.91 Å². The first kappa shape index (κ1) is 15.9. The zero-order chi connectivity index (χ0) is 16.1. The van der Waals surface area contributed by atoms with Gasteiger partial charge in [0.25, 0.3) is 0 Å². The van der Waals surface area contributed by atoms with Crippen LogP contribution in [0.3, 0.4) is 0 Å². The Labute approximate surface area is 142 Å². The molecule has 0 atom stereocenters. The van der Waals surface area contributed by atoms with Gasteiger partial charge in [-0.2, -0.15) is 0 Å². The van der Waals surface area contributed by atoms with Gasteiger partial charge in [-0.25, -0.2) is 0 Å². The molecule has 1 N–H and O–H groups in total. The number of amides is 1. The van der Waals surface area contributed by atoms with Crippen molar-refractivity contribution in [1.29, 1.82) is 0 Å². The highest BCUT2D eigenvalue weighted by Gasteiger charge is 2.16. The molecule has 0 radical (unpaired) electrons. The molecule has 4 heteroatoms. The van der Waals surface area contributed by atoms with E-state index in [1.807, 2.05) is 42.5 Å². The summed E-state index contributed by atoms with van der Waals surface area (Å²) in [5.74, 6) is 0.0246. The summed E-state index contributed by atoms with van der Waals surface area (Å²) in [7, 11) is 0. The number of para-hydroxylation sites is 2. The first-order chi connectivity index (χ1) is 11.2. The highest BCUT2D eigenvalue weighted by Crippen LogP contribution is 2.28. The van der Waals surface area contributed by atoms with Crippen molar-refractivity contribution in [2.45, 2.75) is 25.7 Å². The molecule has 0 saturated carbocycles.